The van der Waals surface area contributed by atoms with Crippen molar-refractivity contribution in [1.82, 2.24) is 4.98 Å². The van der Waals surface area contributed by atoms with E-state index in [1.54, 1.807) is 12.3 Å². The van der Waals surface area contributed by atoms with E-state index in [9.17, 15) is 4.79 Å². The van der Waals surface area contributed by atoms with Crippen LogP contribution in [-0.2, 0) is 16.0 Å². The Hall–Kier alpha value is -2.32. The molecule has 23 heavy (non-hydrogen) atoms. The summed E-state index contributed by atoms with van der Waals surface area (Å²) in [4.78, 5) is 15.4. The Morgan fingerprint density at radius 2 is 2.13 bits per heavy atom. The Morgan fingerprint density at radius 1 is 1.30 bits per heavy atom. The molecule has 1 heterocycles. The number of halogens is 1. The first-order valence-corrected chi connectivity index (χ1v) is 7.78. The molecule has 4 nitrogen and oxygen atoms in total. The van der Waals surface area contributed by atoms with E-state index < -0.39 is 0 Å². The zero-order chi connectivity index (χ0) is 16.7. The molecule has 1 aromatic heterocycles. The first kappa shape index (κ1) is 17.0. The van der Waals surface area contributed by atoms with Gasteiger partial charge in [-0.1, -0.05) is 34.0 Å². The van der Waals surface area contributed by atoms with E-state index in [2.05, 4.69) is 37.5 Å². The summed E-state index contributed by atoms with van der Waals surface area (Å²) >= 11 is 3.46. The molecule has 0 spiro atoms. The lowest BCUT2D eigenvalue weighted by molar-refractivity contribution is -0.139. The Labute approximate surface area is 144 Å². The maximum absolute atomic E-state index is 11.2. The molecular formula is C18H16BrNO3. The Kier molecular flexibility index (Phi) is 6.19. The number of nitrogens with zero attached hydrogens (tertiary/aromatic N) is 1. The largest absolute Gasteiger partial charge is 0.481 e. The van der Waals surface area contributed by atoms with Gasteiger partial charge in [0, 0.05) is 16.2 Å². The topological polar surface area (TPSA) is 48.4 Å². The van der Waals surface area contributed by atoms with Crippen LogP contribution in [0.2, 0.25) is 0 Å². The molecule has 0 aliphatic rings. The first-order valence-electron chi connectivity index (χ1n) is 6.98. The Bertz CT molecular complexity index is 745. The van der Waals surface area contributed by atoms with Gasteiger partial charge >= 0.3 is 5.97 Å². The molecule has 0 bridgehead atoms. The van der Waals surface area contributed by atoms with Gasteiger partial charge in [0.15, 0.2) is 0 Å². The number of esters is 1. The fourth-order valence-electron chi connectivity index (χ4n) is 1.83. The van der Waals surface area contributed by atoms with Crippen LogP contribution in [0.1, 0.15) is 16.8 Å². The Morgan fingerprint density at radius 3 is 2.83 bits per heavy atom. The second kappa shape index (κ2) is 8.35. The average molecular weight is 374 g/mol. The van der Waals surface area contributed by atoms with Gasteiger partial charge in [-0.2, -0.15) is 0 Å². The molecule has 0 saturated heterocycles. The Balaban J connectivity index is 1.92. The zero-order valence-corrected chi connectivity index (χ0v) is 14.5. The monoisotopic (exact) mass is 373 g/mol. The molecule has 2 rings (SSSR count). The number of aromatic nitrogens is 1. The summed E-state index contributed by atoms with van der Waals surface area (Å²) in [7, 11) is 1.36. The normalized spacial score (nSPS) is 9.70. The fourth-order valence-corrected chi connectivity index (χ4v) is 2.17. The molecule has 0 amide bonds. The van der Waals surface area contributed by atoms with Gasteiger partial charge in [-0.15, -0.1) is 0 Å². The first-order chi connectivity index (χ1) is 11.1. The highest BCUT2D eigenvalue weighted by Gasteiger charge is 2.03. The smallest absolute Gasteiger partial charge is 0.310 e. The van der Waals surface area contributed by atoms with Crippen molar-refractivity contribution >= 4 is 21.9 Å². The van der Waals surface area contributed by atoms with Crippen molar-refractivity contribution in [2.45, 2.75) is 13.3 Å². The third-order valence-electron chi connectivity index (χ3n) is 3.14. The molecular weight excluding hydrogens is 358 g/mol. The van der Waals surface area contributed by atoms with Crippen molar-refractivity contribution in [3.63, 3.8) is 0 Å². The van der Waals surface area contributed by atoms with Gasteiger partial charge in [-0.25, -0.2) is 4.98 Å². The summed E-state index contributed by atoms with van der Waals surface area (Å²) in [5.74, 6) is 6.37. The number of carbonyl (C=O) groups is 1. The van der Waals surface area contributed by atoms with E-state index in [4.69, 9.17) is 4.74 Å². The van der Waals surface area contributed by atoms with E-state index >= 15 is 0 Å². The van der Waals surface area contributed by atoms with Gasteiger partial charge in [0.2, 0.25) is 0 Å². The van der Waals surface area contributed by atoms with Crippen LogP contribution in [-0.4, -0.2) is 24.7 Å². The summed E-state index contributed by atoms with van der Waals surface area (Å²) in [6.45, 7) is 2.26. The molecule has 0 radical (unpaired) electrons. The molecule has 1 aromatic carbocycles. The molecule has 2 aromatic rings. The number of rotatable bonds is 4. The van der Waals surface area contributed by atoms with Crippen LogP contribution in [0.4, 0.5) is 0 Å². The summed E-state index contributed by atoms with van der Waals surface area (Å²) in [6, 6.07) is 9.37. The molecule has 0 unspecified atom stereocenters. The highest BCUT2D eigenvalue weighted by atomic mass is 79.9. The summed E-state index contributed by atoms with van der Waals surface area (Å²) < 4.78 is 11.3. The quantitative estimate of drug-likeness (QED) is 0.609. The SMILES string of the molecule is COC(=O)Cc1ccc(C#CCOc2cccc(Br)c2C)nc1. The van der Waals surface area contributed by atoms with Crippen molar-refractivity contribution in [2.24, 2.45) is 0 Å². The summed E-state index contributed by atoms with van der Waals surface area (Å²) in [6.07, 6.45) is 1.84. The summed E-state index contributed by atoms with van der Waals surface area (Å²) in [5, 5.41) is 0. The number of pyridine rings is 1. The van der Waals surface area contributed by atoms with E-state index in [0.29, 0.717) is 5.69 Å². The van der Waals surface area contributed by atoms with Gasteiger partial charge in [-0.3, -0.25) is 4.79 Å². The minimum Gasteiger partial charge on any atom is -0.481 e. The van der Waals surface area contributed by atoms with Crippen LogP contribution in [0.15, 0.2) is 41.0 Å². The second-order valence-corrected chi connectivity index (χ2v) is 5.61. The standard InChI is InChI=1S/C18H16BrNO3/c1-13-16(19)6-3-7-17(13)23-10-4-5-15-9-8-14(12-20-15)11-18(21)22-2/h3,6-9,12H,10-11H2,1-2H3. The van der Waals surface area contributed by atoms with Gasteiger partial charge in [0.25, 0.3) is 0 Å². The maximum Gasteiger partial charge on any atom is 0.310 e. The summed E-state index contributed by atoms with van der Waals surface area (Å²) in [5.41, 5.74) is 2.47. The van der Waals surface area contributed by atoms with Crippen molar-refractivity contribution in [1.29, 1.82) is 0 Å². The molecule has 118 valence electrons. The predicted molar refractivity (Wildman–Crippen MR) is 91.2 cm³/mol. The van der Waals surface area contributed by atoms with Gasteiger partial charge in [0.05, 0.1) is 13.5 Å². The lowest BCUT2D eigenvalue weighted by atomic mass is 10.2. The number of methoxy groups -OCH3 is 1. The minimum absolute atomic E-state index is 0.211. The van der Waals surface area contributed by atoms with E-state index in [1.165, 1.54) is 7.11 Å². The van der Waals surface area contributed by atoms with Crippen LogP contribution in [0, 0.1) is 18.8 Å². The molecule has 0 N–H and O–H groups in total. The van der Waals surface area contributed by atoms with Gasteiger partial charge in [0.1, 0.15) is 18.1 Å². The highest BCUT2D eigenvalue weighted by molar-refractivity contribution is 9.10. The third kappa shape index (κ3) is 5.11. The number of hydrogen-bond acceptors (Lipinski definition) is 4. The molecule has 0 saturated carbocycles. The van der Waals surface area contributed by atoms with Crippen molar-refractivity contribution in [3.8, 4) is 17.6 Å². The number of ether oxygens (including phenoxy) is 2. The number of hydrogen-bond donors (Lipinski definition) is 0. The minimum atomic E-state index is -0.288. The number of benzene rings is 1. The lowest BCUT2D eigenvalue weighted by Crippen LogP contribution is -2.04. The van der Waals surface area contributed by atoms with Gasteiger partial charge in [-0.05, 0) is 36.6 Å². The predicted octanol–water partition coefficient (Wildman–Crippen LogP) is 3.30. The highest BCUT2D eigenvalue weighted by Crippen LogP contribution is 2.25. The average Bonchev–Trinajstić information content (AvgIpc) is 2.56. The molecule has 0 fully saturated rings. The van der Waals surface area contributed by atoms with Gasteiger partial charge < -0.3 is 9.47 Å². The number of carbonyl (C=O) groups excluding carboxylic acids is 1. The van der Waals surface area contributed by atoms with E-state index in [1.807, 2.05) is 31.2 Å². The van der Waals surface area contributed by atoms with Crippen LogP contribution >= 0.6 is 15.9 Å². The third-order valence-corrected chi connectivity index (χ3v) is 3.99. The van der Waals surface area contributed by atoms with Crippen LogP contribution < -0.4 is 4.74 Å². The van der Waals surface area contributed by atoms with Crippen LogP contribution in [0.5, 0.6) is 5.75 Å². The molecule has 0 aliphatic carbocycles. The molecule has 0 aliphatic heterocycles. The lowest BCUT2D eigenvalue weighted by Gasteiger charge is -2.06. The van der Waals surface area contributed by atoms with Crippen molar-refractivity contribution in [3.05, 3.63) is 57.8 Å². The second-order valence-electron chi connectivity index (χ2n) is 4.76. The zero-order valence-electron chi connectivity index (χ0n) is 12.9. The molecule has 5 heteroatoms. The van der Waals surface area contributed by atoms with Crippen molar-refractivity contribution in [2.75, 3.05) is 13.7 Å². The van der Waals surface area contributed by atoms with E-state index in [-0.39, 0.29) is 19.0 Å². The fraction of sp³-hybridized carbons (Fsp3) is 0.222. The van der Waals surface area contributed by atoms with Crippen LogP contribution in [0.25, 0.3) is 0 Å². The van der Waals surface area contributed by atoms with Crippen molar-refractivity contribution < 1.29 is 14.3 Å². The van der Waals surface area contributed by atoms with E-state index in [0.717, 1.165) is 21.3 Å². The molecule has 0 atom stereocenters. The maximum atomic E-state index is 11.2. The van der Waals surface area contributed by atoms with Crippen LogP contribution in [0.3, 0.4) is 0 Å².